The molecule has 4 rings (SSSR count). The fourth-order valence-corrected chi connectivity index (χ4v) is 7.67. The highest BCUT2D eigenvalue weighted by Crippen LogP contribution is 2.41. The van der Waals surface area contributed by atoms with E-state index in [9.17, 15) is 13.2 Å². The number of sulfonamides is 1. The van der Waals surface area contributed by atoms with Gasteiger partial charge in [-0.2, -0.15) is 4.31 Å². The number of nitrogens with zero attached hydrogens (tertiary/aromatic N) is 2. The van der Waals surface area contributed by atoms with Gasteiger partial charge in [0.15, 0.2) is 0 Å². The lowest BCUT2D eigenvalue weighted by Crippen LogP contribution is -2.44. The summed E-state index contributed by atoms with van der Waals surface area (Å²) in [5, 5.41) is 3.32. The van der Waals surface area contributed by atoms with E-state index in [1.165, 1.54) is 6.42 Å². The summed E-state index contributed by atoms with van der Waals surface area (Å²) in [5.41, 5.74) is 1.84. The van der Waals surface area contributed by atoms with Crippen LogP contribution in [0, 0.1) is 5.92 Å². The van der Waals surface area contributed by atoms with E-state index < -0.39 is 10.0 Å². The number of rotatable bonds is 14. The Morgan fingerprint density at radius 2 is 1.67 bits per heavy atom. The Bertz CT molecular complexity index is 1360. The van der Waals surface area contributed by atoms with Crippen LogP contribution in [0.1, 0.15) is 70.1 Å². The standard InChI is InChI=1S/C34H45N3O4S/c1-27(2)26-37(42(39,40)31-17-15-30(41-3)16-18-31)23-19-29(24-28-12-6-4-7-13-28)36-33(38)25-34(20-9-5-10-21-34)32-14-8-11-22-35-32/h4,6-8,11-18,22,27,29H,5,9-10,19-21,23-26H2,1-3H3,(H,36,38). The van der Waals surface area contributed by atoms with E-state index in [4.69, 9.17) is 4.74 Å². The van der Waals surface area contributed by atoms with Gasteiger partial charge in [-0.05, 0) is 73.6 Å². The van der Waals surface area contributed by atoms with Crippen LogP contribution in [0.2, 0.25) is 0 Å². The second-order valence-corrected chi connectivity index (χ2v) is 13.8. The van der Waals surface area contributed by atoms with E-state index in [0.717, 1.165) is 36.9 Å². The largest absolute Gasteiger partial charge is 0.497 e. The van der Waals surface area contributed by atoms with E-state index in [-0.39, 0.29) is 28.2 Å². The van der Waals surface area contributed by atoms with Gasteiger partial charge in [0.05, 0.1) is 12.0 Å². The number of carbonyl (C=O) groups is 1. The van der Waals surface area contributed by atoms with Gasteiger partial charge >= 0.3 is 0 Å². The molecule has 1 aliphatic rings. The lowest BCUT2D eigenvalue weighted by molar-refractivity contribution is -0.123. The molecule has 1 unspecified atom stereocenters. The first-order valence-electron chi connectivity index (χ1n) is 15.1. The molecule has 0 saturated heterocycles. The van der Waals surface area contributed by atoms with Gasteiger partial charge in [-0.3, -0.25) is 9.78 Å². The molecule has 7 nitrogen and oxygen atoms in total. The molecule has 226 valence electrons. The maximum absolute atomic E-state index is 13.7. The molecule has 1 fully saturated rings. The highest BCUT2D eigenvalue weighted by atomic mass is 32.2. The minimum Gasteiger partial charge on any atom is -0.497 e. The Morgan fingerprint density at radius 1 is 0.976 bits per heavy atom. The third-order valence-electron chi connectivity index (χ3n) is 8.20. The molecular weight excluding hydrogens is 546 g/mol. The van der Waals surface area contributed by atoms with Crippen LogP contribution in [0.15, 0.2) is 83.9 Å². The van der Waals surface area contributed by atoms with Gasteiger partial charge in [-0.15, -0.1) is 0 Å². The minimum atomic E-state index is -3.73. The summed E-state index contributed by atoms with van der Waals surface area (Å²) >= 11 is 0. The Hall–Kier alpha value is -3.23. The molecule has 0 aliphatic heterocycles. The first kappa shape index (κ1) is 31.7. The summed E-state index contributed by atoms with van der Waals surface area (Å²) in [6.45, 7) is 4.72. The number of amides is 1. The topological polar surface area (TPSA) is 88.6 Å². The van der Waals surface area contributed by atoms with E-state index in [1.54, 1.807) is 35.7 Å². The first-order valence-corrected chi connectivity index (χ1v) is 16.5. The van der Waals surface area contributed by atoms with Crippen LogP contribution in [-0.4, -0.2) is 49.9 Å². The van der Waals surface area contributed by atoms with Gasteiger partial charge in [0.1, 0.15) is 5.75 Å². The number of hydrogen-bond acceptors (Lipinski definition) is 5. The molecule has 0 spiro atoms. The van der Waals surface area contributed by atoms with Crippen molar-refractivity contribution in [2.24, 2.45) is 5.92 Å². The number of hydrogen-bond donors (Lipinski definition) is 1. The second kappa shape index (κ2) is 14.8. The van der Waals surface area contributed by atoms with Crippen LogP contribution in [0.3, 0.4) is 0 Å². The maximum Gasteiger partial charge on any atom is 0.243 e. The number of aromatic nitrogens is 1. The van der Waals surface area contributed by atoms with Gasteiger partial charge in [-0.25, -0.2) is 8.42 Å². The number of nitrogens with one attached hydrogen (secondary N) is 1. The number of ether oxygens (including phenoxy) is 1. The quantitative estimate of drug-likeness (QED) is 0.243. The molecule has 3 aromatic rings. The molecule has 1 amide bonds. The fourth-order valence-electron chi connectivity index (χ4n) is 6.05. The molecule has 1 saturated carbocycles. The van der Waals surface area contributed by atoms with Crippen molar-refractivity contribution >= 4 is 15.9 Å². The lowest BCUT2D eigenvalue weighted by Gasteiger charge is -2.37. The van der Waals surface area contributed by atoms with Crippen LogP contribution in [0.4, 0.5) is 0 Å². The summed E-state index contributed by atoms with van der Waals surface area (Å²) in [4.78, 5) is 18.6. The summed E-state index contributed by atoms with van der Waals surface area (Å²) in [6, 6.07) is 22.3. The van der Waals surface area contributed by atoms with Crippen LogP contribution in [0.5, 0.6) is 5.75 Å². The highest BCUT2D eigenvalue weighted by molar-refractivity contribution is 7.89. The van der Waals surface area contributed by atoms with E-state index in [0.29, 0.717) is 38.1 Å². The average Bonchev–Trinajstić information content (AvgIpc) is 3.00. The van der Waals surface area contributed by atoms with Crippen LogP contribution >= 0.6 is 0 Å². The molecule has 0 bridgehead atoms. The predicted octanol–water partition coefficient (Wildman–Crippen LogP) is 6.15. The van der Waals surface area contributed by atoms with Gasteiger partial charge in [0.2, 0.25) is 15.9 Å². The van der Waals surface area contributed by atoms with Crippen molar-refractivity contribution in [3.05, 3.63) is 90.3 Å². The third-order valence-corrected chi connectivity index (χ3v) is 10.1. The molecule has 1 aliphatic carbocycles. The summed E-state index contributed by atoms with van der Waals surface area (Å²) < 4.78 is 34.2. The number of pyridine rings is 1. The first-order chi connectivity index (χ1) is 20.2. The Balaban J connectivity index is 1.53. The number of methoxy groups -OCH3 is 1. The summed E-state index contributed by atoms with van der Waals surface area (Å²) in [5.74, 6) is 0.748. The monoisotopic (exact) mass is 591 g/mol. The van der Waals surface area contributed by atoms with Gasteiger partial charge in [0, 0.05) is 42.9 Å². The van der Waals surface area contributed by atoms with Gasteiger partial charge in [-0.1, -0.05) is 69.5 Å². The molecule has 1 aromatic heterocycles. The van der Waals surface area contributed by atoms with Crippen molar-refractivity contribution in [2.45, 2.75) is 81.6 Å². The molecular formula is C34H45N3O4S. The molecule has 42 heavy (non-hydrogen) atoms. The number of benzene rings is 2. The maximum atomic E-state index is 13.7. The average molecular weight is 592 g/mol. The summed E-state index contributed by atoms with van der Waals surface area (Å²) in [6.07, 6.45) is 8.58. The van der Waals surface area contributed by atoms with Gasteiger partial charge < -0.3 is 10.1 Å². The van der Waals surface area contributed by atoms with E-state index in [2.05, 4.69) is 22.4 Å². The minimum absolute atomic E-state index is 0.00287. The van der Waals surface area contributed by atoms with Crippen molar-refractivity contribution in [3.63, 3.8) is 0 Å². The van der Waals surface area contributed by atoms with Crippen molar-refractivity contribution in [2.75, 3.05) is 20.2 Å². The van der Waals surface area contributed by atoms with E-state index >= 15 is 0 Å². The Morgan fingerprint density at radius 3 is 2.29 bits per heavy atom. The van der Waals surface area contributed by atoms with Crippen LogP contribution < -0.4 is 10.1 Å². The van der Waals surface area contributed by atoms with E-state index in [1.807, 2.05) is 56.4 Å². The Labute approximate surface area is 251 Å². The van der Waals surface area contributed by atoms with Crippen molar-refractivity contribution in [1.82, 2.24) is 14.6 Å². The van der Waals surface area contributed by atoms with Crippen LogP contribution in [0.25, 0.3) is 0 Å². The molecule has 1 N–H and O–H groups in total. The lowest BCUT2D eigenvalue weighted by atomic mass is 9.69. The zero-order valence-corrected chi connectivity index (χ0v) is 26.0. The van der Waals surface area contributed by atoms with Crippen molar-refractivity contribution in [1.29, 1.82) is 0 Å². The predicted molar refractivity (Wildman–Crippen MR) is 167 cm³/mol. The molecule has 1 heterocycles. The zero-order valence-electron chi connectivity index (χ0n) is 25.2. The summed E-state index contributed by atoms with van der Waals surface area (Å²) in [7, 11) is -2.17. The fraction of sp³-hybridized carbons (Fsp3) is 0.471. The highest BCUT2D eigenvalue weighted by Gasteiger charge is 2.37. The molecule has 0 radical (unpaired) electrons. The zero-order chi connectivity index (χ0) is 30.0. The normalized spacial score (nSPS) is 15.8. The second-order valence-electron chi connectivity index (χ2n) is 11.9. The van der Waals surface area contributed by atoms with Crippen molar-refractivity contribution in [3.8, 4) is 5.75 Å². The smallest absolute Gasteiger partial charge is 0.243 e. The molecule has 8 heteroatoms. The Kier molecular flexibility index (Phi) is 11.2. The number of carbonyl (C=O) groups excluding carboxylic acids is 1. The molecule has 1 atom stereocenters. The molecule has 2 aromatic carbocycles. The third kappa shape index (κ3) is 8.42. The van der Waals surface area contributed by atoms with Crippen molar-refractivity contribution < 1.29 is 17.9 Å². The van der Waals surface area contributed by atoms with Gasteiger partial charge in [0.25, 0.3) is 0 Å². The van der Waals surface area contributed by atoms with Crippen LogP contribution in [-0.2, 0) is 26.7 Å². The SMILES string of the molecule is COc1ccc(S(=O)(=O)N(CCC(Cc2ccccc2)NC(=O)CC2(c3ccccn3)CCCCC2)CC(C)C)cc1.